The number of rotatable bonds is 11. The van der Waals surface area contributed by atoms with Crippen LogP contribution in [0.2, 0.25) is 0 Å². The van der Waals surface area contributed by atoms with Gasteiger partial charge in [0.2, 0.25) is 5.91 Å². The number of aromatic nitrogens is 1. The third-order valence-electron chi connectivity index (χ3n) is 6.19. The Morgan fingerprint density at radius 3 is 2.39 bits per heavy atom. The number of primary amides is 1. The second-order valence-corrected chi connectivity index (χ2v) is 9.66. The summed E-state index contributed by atoms with van der Waals surface area (Å²) < 4.78 is 9.26. The quantitative estimate of drug-likeness (QED) is 0.287. The number of carbonyl (C=O) groups excluding carboxylic acids is 3. The number of aromatic hydroxyl groups is 1. The number of methoxy groups -OCH3 is 1. The fourth-order valence-electron chi connectivity index (χ4n) is 4.12. The first kappa shape index (κ1) is 28.5. The number of hydrogen-bond acceptors (Lipinski definition) is 8. The summed E-state index contributed by atoms with van der Waals surface area (Å²) in [5.74, 6) is -1.88. The average molecular weight is 540 g/mol. The lowest BCUT2D eigenvalue weighted by atomic mass is 10.00. The van der Waals surface area contributed by atoms with Crippen molar-refractivity contribution in [2.24, 2.45) is 5.73 Å². The van der Waals surface area contributed by atoms with Gasteiger partial charge in [-0.25, -0.2) is 0 Å². The zero-order valence-corrected chi connectivity index (χ0v) is 22.7. The lowest BCUT2D eigenvalue weighted by Crippen LogP contribution is -2.46. The minimum Gasteiger partial charge on any atom is -0.504 e. The van der Waals surface area contributed by atoms with Gasteiger partial charge < -0.3 is 26.6 Å². The number of ether oxygens (including phenoxy) is 1. The second kappa shape index (κ2) is 12.4. The van der Waals surface area contributed by atoms with Crippen molar-refractivity contribution in [3.05, 3.63) is 64.2 Å². The number of hydrogen-bond donors (Lipinski definition) is 4. The molecule has 0 aliphatic carbocycles. The van der Waals surface area contributed by atoms with Crippen molar-refractivity contribution in [3.8, 4) is 11.5 Å². The molecule has 38 heavy (non-hydrogen) atoms. The Balaban J connectivity index is 2.24. The van der Waals surface area contributed by atoms with E-state index >= 15 is 0 Å². The molecule has 2 aromatic carbocycles. The molecule has 3 amide bonds. The number of anilines is 2. The van der Waals surface area contributed by atoms with Crippen LogP contribution >= 0.6 is 11.5 Å². The summed E-state index contributed by atoms with van der Waals surface area (Å²) in [6, 6.07) is 10.3. The molecule has 10 nitrogen and oxygen atoms in total. The summed E-state index contributed by atoms with van der Waals surface area (Å²) in [5.41, 5.74) is 12.9. The molecule has 6 N–H and O–H groups in total. The number of benzene rings is 2. The molecule has 2 atom stereocenters. The number of nitrogens with zero attached hydrogens (tertiary/aromatic N) is 2. The van der Waals surface area contributed by atoms with Gasteiger partial charge in [0.1, 0.15) is 10.9 Å². The molecule has 3 rings (SSSR count). The smallest absolute Gasteiger partial charge is 0.273 e. The van der Waals surface area contributed by atoms with Crippen LogP contribution in [0.3, 0.4) is 0 Å². The van der Waals surface area contributed by atoms with Gasteiger partial charge in [-0.05, 0) is 61.1 Å². The zero-order valence-electron chi connectivity index (χ0n) is 21.9. The number of amides is 3. The normalized spacial score (nSPS) is 12.4. The number of phenolic OH excluding ortho intramolecular Hbond substituents is 1. The Kier molecular flexibility index (Phi) is 9.30. The largest absolute Gasteiger partial charge is 0.504 e. The molecule has 0 aliphatic rings. The van der Waals surface area contributed by atoms with Crippen LogP contribution in [0.5, 0.6) is 11.5 Å². The van der Waals surface area contributed by atoms with Crippen molar-refractivity contribution in [2.45, 2.75) is 52.1 Å². The summed E-state index contributed by atoms with van der Waals surface area (Å²) >= 11 is 0.736. The zero-order chi connectivity index (χ0) is 28.0. The monoisotopic (exact) mass is 539 g/mol. The Labute approximate surface area is 225 Å². The summed E-state index contributed by atoms with van der Waals surface area (Å²) in [6.07, 6.45) is 2.33. The maximum atomic E-state index is 14.1. The van der Waals surface area contributed by atoms with Crippen LogP contribution in [0.1, 0.15) is 70.4 Å². The molecule has 1 aromatic heterocycles. The van der Waals surface area contributed by atoms with Crippen molar-refractivity contribution >= 4 is 40.6 Å². The predicted octanol–water partition coefficient (Wildman–Crippen LogP) is 3.93. The highest BCUT2D eigenvalue weighted by Gasteiger charge is 2.37. The van der Waals surface area contributed by atoms with Crippen molar-refractivity contribution in [2.75, 3.05) is 17.7 Å². The van der Waals surface area contributed by atoms with Crippen molar-refractivity contribution in [1.29, 1.82) is 0 Å². The van der Waals surface area contributed by atoms with Crippen LogP contribution in [0.25, 0.3) is 0 Å². The lowest BCUT2D eigenvalue weighted by Gasteiger charge is -2.32. The number of nitrogens with one attached hydrogen (secondary N) is 1. The molecule has 0 saturated carbocycles. The summed E-state index contributed by atoms with van der Waals surface area (Å²) in [5, 5.41) is 13.3. The highest BCUT2D eigenvalue weighted by Crippen LogP contribution is 2.36. The fourth-order valence-corrected chi connectivity index (χ4v) is 4.86. The van der Waals surface area contributed by atoms with Crippen LogP contribution < -0.4 is 26.4 Å². The predicted molar refractivity (Wildman–Crippen MR) is 148 cm³/mol. The maximum absolute atomic E-state index is 14.1. The van der Waals surface area contributed by atoms with E-state index in [-0.39, 0.29) is 33.8 Å². The Bertz CT molecular complexity index is 1310. The maximum Gasteiger partial charge on any atom is 0.273 e. The van der Waals surface area contributed by atoms with Crippen LogP contribution in [0.4, 0.5) is 11.4 Å². The van der Waals surface area contributed by atoms with Gasteiger partial charge in [-0.2, -0.15) is 4.37 Å². The van der Waals surface area contributed by atoms with Crippen LogP contribution in [0.15, 0.2) is 42.5 Å². The van der Waals surface area contributed by atoms with E-state index in [2.05, 4.69) is 9.69 Å². The number of carbonyl (C=O) groups is 3. The number of nitrogens with two attached hydrogens (primary N) is 2. The molecule has 3 aromatic rings. The number of phenols is 1. The summed E-state index contributed by atoms with van der Waals surface area (Å²) in [7, 11) is 1.40. The van der Waals surface area contributed by atoms with E-state index in [0.29, 0.717) is 17.7 Å². The molecule has 11 heteroatoms. The van der Waals surface area contributed by atoms with E-state index in [0.717, 1.165) is 29.9 Å². The van der Waals surface area contributed by atoms with Gasteiger partial charge in [0.15, 0.2) is 17.2 Å². The SMILES string of the molecule is CCCC(CC)NC(=O)C(c1ccc(O)c(OC)c1)N(C(=O)c1snc(C(N)=O)c1N)c1ccc(C)cc1. The van der Waals surface area contributed by atoms with E-state index in [1.54, 1.807) is 18.2 Å². The third-order valence-corrected chi connectivity index (χ3v) is 7.04. The van der Waals surface area contributed by atoms with Gasteiger partial charge in [0.05, 0.1) is 12.8 Å². The standard InChI is InChI=1S/C27H33N5O5S/c1-5-7-17(6-2)30-26(35)23(16-10-13-19(33)20(14-16)37-4)32(18-11-8-15(3)9-12-18)27(36)24-21(28)22(25(29)34)31-38-24/h8-14,17,23,33H,5-7,28H2,1-4H3,(H2,29,34)(H,30,35). The van der Waals surface area contributed by atoms with Gasteiger partial charge in [-0.15, -0.1) is 0 Å². The number of nitrogen functional groups attached to an aromatic ring is 1. The van der Waals surface area contributed by atoms with Crippen LogP contribution in [-0.2, 0) is 4.79 Å². The van der Waals surface area contributed by atoms with Crippen molar-refractivity contribution in [3.63, 3.8) is 0 Å². The molecular formula is C27H33N5O5S. The minimum absolute atomic E-state index is 0.0245. The minimum atomic E-state index is -1.18. The second-order valence-electron chi connectivity index (χ2n) is 8.89. The van der Waals surface area contributed by atoms with Gasteiger partial charge in [-0.1, -0.05) is 44.0 Å². The Hall–Kier alpha value is -4.12. The molecular weight excluding hydrogens is 506 g/mol. The number of aryl methyl sites for hydroxylation is 1. The van der Waals surface area contributed by atoms with Gasteiger partial charge in [0.25, 0.3) is 11.8 Å². The topological polar surface area (TPSA) is 161 Å². The molecule has 2 unspecified atom stereocenters. The summed E-state index contributed by atoms with van der Waals surface area (Å²) in [4.78, 5) is 41.1. The first-order chi connectivity index (χ1) is 18.1. The lowest BCUT2D eigenvalue weighted by molar-refractivity contribution is -0.123. The van der Waals surface area contributed by atoms with Gasteiger partial charge in [-0.3, -0.25) is 19.3 Å². The molecule has 0 spiro atoms. The van der Waals surface area contributed by atoms with E-state index in [1.807, 2.05) is 32.9 Å². The van der Waals surface area contributed by atoms with Gasteiger partial charge >= 0.3 is 0 Å². The third kappa shape index (κ3) is 6.05. The first-order valence-corrected chi connectivity index (χ1v) is 13.0. The molecule has 202 valence electrons. The van der Waals surface area contributed by atoms with Crippen LogP contribution in [0, 0.1) is 6.92 Å². The van der Waals surface area contributed by atoms with E-state index in [9.17, 15) is 19.5 Å². The molecule has 0 radical (unpaired) electrons. The van der Waals surface area contributed by atoms with E-state index in [1.165, 1.54) is 24.1 Å². The van der Waals surface area contributed by atoms with Crippen molar-refractivity contribution < 1.29 is 24.2 Å². The van der Waals surface area contributed by atoms with Crippen LogP contribution in [-0.4, -0.2) is 40.4 Å². The molecule has 0 fully saturated rings. The Morgan fingerprint density at radius 2 is 1.84 bits per heavy atom. The van der Waals surface area contributed by atoms with E-state index in [4.69, 9.17) is 16.2 Å². The molecule has 0 saturated heterocycles. The average Bonchev–Trinajstić information content (AvgIpc) is 3.29. The fraction of sp³-hybridized carbons (Fsp3) is 0.333. The van der Waals surface area contributed by atoms with E-state index < -0.39 is 23.8 Å². The molecule has 0 bridgehead atoms. The first-order valence-electron chi connectivity index (χ1n) is 12.2. The Morgan fingerprint density at radius 1 is 1.16 bits per heavy atom. The van der Waals surface area contributed by atoms with Crippen molar-refractivity contribution in [1.82, 2.24) is 9.69 Å². The highest BCUT2D eigenvalue weighted by molar-refractivity contribution is 7.09. The summed E-state index contributed by atoms with van der Waals surface area (Å²) in [6.45, 7) is 5.91. The highest BCUT2D eigenvalue weighted by atomic mass is 32.1. The molecule has 0 aliphatic heterocycles. The van der Waals surface area contributed by atoms with Gasteiger partial charge in [0, 0.05) is 11.7 Å². The molecule has 1 heterocycles.